The van der Waals surface area contributed by atoms with Gasteiger partial charge in [-0.1, -0.05) is 24.6 Å². The summed E-state index contributed by atoms with van der Waals surface area (Å²) in [5, 5.41) is 0.601. The summed E-state index contributed by atoms with van der Waals surface area (Å²) in [5.74, 6) is 1.15. The highest BCUT2D eigenvalue weighted by atomic mass is 35.5. The van der Waals surface area contributed by atoms with Crippen LogP contribution < -0.4 is 10.5 Å². The Kier molecular flexibility index (Phi) is 3.92. The van der Waals surface area contributed by atoms with E-state index in [9.17, 15) is 0 Å². The van der Waals surface area contributed by atoms with Crippen molar-refractivity contribution in [1.82, 2.24) is 0 Å². The van der Waals surface area contributed by atoms with E-state index in [1.54, 1.807) is 7.11 Å². The van der Waals surface area contributed by atoms with Gasteiger partial charge in [0.1, 0.15) is 5.75 Å². The lowest BCUT2D eigenvalue weighted by molar-refractivity contribution is 0.0724. The highest BCUT2D eigenvalue weighted by Crippen LogP contribution is 2.33. The lowest BCUT2D eigenvalue weighted by atomic mass is 9.93. The SMILES string of the molecule is COc1cc(C(N)C2OCCC2C)ccc1Cl. The molecule has 1 aromatic rings. The minimum Gasteiger partial charge on any atom is -0.495 e. The van der Waals surface area contributed by atoms with E-state index < -0.39 is 0 Å². The van der Waals surface area contributed by atoms with Crippen LogP contribution in [0.25, 0.3) is 0 Å². The van der Waals surface area contributed by atoms with Gasteiger partial charge in [0, 0.05) is 6.61 Å². The minimum atomic E-state index is -0.126. The molecule has 2 N–H and O–H groups in total. The van der Waals surface area contributed by atoms with Crippen molar-refractivity contribution in [3.05, 3.63) is 28.8 Å². The molecule has 3 atom stereocenters. The molecular weight excluding hydrogens is 238 g/mol. The van der Waals surface area contributed by atoms with Crippen molar-refractivity contribution in [3.63, 3.8) is 0 Å². The van der Waals surface area contributed by atoms with E-state index in [1.807, 2.05) is 18.2 Å². The molecule has 4 heteroatoms. The average molecular weight is 256 g/mol. The first-order chi connectivity index (χ1) is 8.13. The fourth-order valence-electron chi connectivity index (χ4n) is 2.25. The third-order valence-electron chi connectivity index (χ3n) is 3.36. The first-order valence-electron chi connectivity index (χ1n) is 5.84. The Morgan fingerprint density at radius 3 is 2.88 bits per heavy atom. The first kappa shape index (κ1) is 12.7. The van der Waals surface area contributed by atoms with Gasteiger partial charge in [-0.25, -0.2) is 0 Å². The van der Waals surface area contributed by atoms with Crippen molar-refractivity contribution in [2.45, 2.75) is 25.5 Å². The van der Waals surface area contributed by atoms with Gasteiger partial charge in [0.15, 0.2) is 0 Å². The molecule has 0 spiro atoms. The second kappa shape index (κ2) is 5.25. The van der Waals surface area contributed by atoms with E-state index in [0.29, 0.717) is 16.7 Å². The molecule has 1 saturated heterocycles. The minimum absolute atomic E-state index is 0.0841. The van der Waals surface area contributed by atoms with Crippen LogP contribution in [0, 0.1) is 5.92 Å². The zero-order valence-corrected chi connectivity index (χ0v) is 10.9. The van der Waals surface area contributed by atoms with Crippen molar-refractivity contribution < 1.29 is 9.47 Å². The van der Waals surface area contributed by atoms with E-state index >= 15 is 0 Å². The van der Waals surface area contributed by atoms with Gasteiger partial charge in [-0.15, -0.1) is 0 Å². The van der Waals surface area contributed by atoms with Crippen LogP contribution >= 0.6 is 11.6 Å². The van der Waals surface area contributed by atoms with Gasteiger partial charge in [-0.3, -0.25) is 0 Å². The number of halogens is 1. The number of hydrogen-bond acceptors (Lipinski definition) is 3. The summed E-state index contributed by atoms with van der Waals surface area (Å²) >= 11 is 5.99. The Labute approximate surface area is 107 Å². The maximum Gasteiger partial charge on any atom is 0.137 e. The fraction of sp³-hybridized carbons (Fsp3) is 0.538. The van der Waals surface area contributed by atoms with Crippen molar-refractivity contribution in [2.75, 3.05) is 13.7 Å². The molecule has 0 amide bonds. The molecule has 0 radical (unpaired) electrons. The van der Waals surface area contributed by atoms with Gasteiger partial charge < -0.3 is 15.2 Å². The van der Waals surface area contributed by atoms with E-state index in [4.69, 9.17) is 26.8 Å². The van der Waals surface area contributed by atoms with Crippen LogP contribution in [-0.2, 0) is 4.74 Å². The maximum atomic E-state index is 6.24. The quantitative estimate of drug-likeness (QED) is 0.903. The van der Waals surface area contributed by atoms with Gasteiger partial charge >= 0.3 is 0 Å². The topological polar surface area (TPSA) is 44.5 Å². The summed E-state index contributed by atoms with van der Waals surface area (Å²) in [5.41, 5.74) is 7.25. The van der Waals surface area contributed by atoms with Crippen molar-refractivity contribution in [3.8, 4) is 5.75 Å². The molecule has 0 aliphatic carbocycles. The molecule has 0 bridgehead atoms. The molecular formula is C13H18ClNO2. The van der Waals surface area contributed by atoms with E-state index in [0.717, 1.165) is 18.6 Å². The van der Waals surface area contributed by atoms with Crippen LogP contribution in [-0.4, -0.2) is 19.8 Å². The van der Waals surface area contributed by atoms with Crippen LogP contribution in [0.4, 0.5) is 0 Å². The molecule has 0 aromatic heterocycles. The van der Waals surface area contributed by atoms with Crippen LogP contribution in [0.3, 0.4) is 0 Å². The Balaban J connectivity index is 2.21. The zero-order chi connectivity index (χ0) is 12.4. The number of nitrogens with two attached hydrogens (primary N) is 1. The molecule has 2 rings (SSSR count). The molecule has 1 aliphatic heterocycles. The zero-order valence-electron chi connectivity index (χ0n) is 10.2. The second-order valence-electron chi connectivity index (χ2n) is 4.52. The molecule has 1 aliphatic rings. The Hall–Kier alpha value is -0.770. The summed E-state index contributed by atoms with van der Waals surface area (Å²) in [6.07, 6.45) is 1.16. The molecule has 1 aromatic carbocycles. The summed E-state index contributed by atoms with van der Waals surface area (Å²) < 4.78 is 10.9. The Bertz CT molecular complexity index is 397. The van der Waals surface area contributed by atoms with E-state index in [1.165, 1.54) is 0 Å². The molecule has 1 heterocycles. The van der Waals surface area contributed by atoms with Gasteiger partial charge in [0.25, 0.3) is 0 Å². The van der Waals surface area contributed by atoms with Crippen LogP contribution in [0.5, 0.6) is 5.75 Å². The average Bonchev–Trinajstić information content (AvgIpc) is 2.75. The van der Waals surface area contributed by atoms with Gasteiger partial charge in [0.2, 0.25) is 0 Å². The fourth-order valence-corrected chi connectivity index (χ4v) is 2.44. The van der Waals surface area contributed by atoms with Crippen LogP contribution in [0.2, 0.25) is 5.02 Å². The number of hydrogen-bond donors (Lipinski definition) is 1. The molecule has 3 unspecified atom stereocenters. The lowest BCUT2D eigenvalue weighted by Gasteiger charge is -2.23. The van der Waals surface area contributed by atoms with Gasteiger partial charge in [-0.05, 0) is 30.0 Å². The molecule has 1 fully saturated rings. The summed E-state index contributed by atoms with van der Waals surface area (Å²) in [6, 6.07) is 5.51. The number of rotatable bonds is 3. The smallest absolute Gasteiger partial charge is 0.137 e. The third kappa shape index (κ3) is 2.57. The van der Waals surface area contributed by atoms with Crippen molar-refractivity contribution in [1.29, 1.82) is 0 Å². The van der Waals surface area contributed by atoms with Crippen LogP contribution in [0.1, 0.15) is 24.9 Å². The number of methoxy groups -OCH3 is 1. The summed E-state index contributed by atoms with van der Waals surface area (Å²) in [4.78, 5) is 0. The second-order valence-corrected chi connectivity index (χ2v) is 4.93. The summed E-state index contributed by atoms with van der Waals surface area (Å²) in [7, 11) is 1.60. The Morgan fingerprint density at radius 2 is 2.29 bits per heavy atom. The molecule has 94 valence electrons. The Morgan fingerprint density at radius 1 is 1.53 bits per heavy atom. The van der Waals surface area contributed by atoms with Gasteiger partial charge in [-0.2, -0.15) is 0 Å². The predicted molar refractivity (Wildman–Crippen MR) is 68.5 cm³/mol. The predicted octanol–water partition coefficient (Wildman–Crippen LogP) is 2.77. The van der Waals surface area contributed by atoms with Crippen molar-refractivity contribution >= 4 is 11.6 Å². The number of benzene rings is 1. The molecule has 0 saturated carbocycles. The molecule has 17 heavy (non-hydrogen) atoms. The highest BCUT2D eigenvalue weighted by Gasteiger charge is 2.30. The summed E-state index contributed by atoms with van der Waals surface area (Å²) in [6.45, 7) is 2.97. The van der Waals surface area contributed by atoms with Crippen molar-refractivity contribution in [2.24, 2.45) is 11.7 Å². The monoisotopic (exact) mass is 255 g/mol. The third-order valence-corrected chi connectivity index (χ3v) is 3.67. The molecule has 3 nitrogen and oxygen atoms in total. The lowest BCUT2D eigenvalue weighted by Crippen LogP contribution is -2.29. The number of ether oxygens (including phenoxy) is 2. The highest BCUT2D eigenvalue weighted by molar-refractivity contribution is 6.32. The standard InChI is InChI=1S/C13H18ClNO2/c1-8-5-6-17-13(8)12(15)9-3-4-10(14)11(7-9)16-2/h3-4,7-8,12-13H,5-6,15H2,1-2H3. The van der Waals surface area contributed by atoms with Gasteiger partial charge in [0.05, 0.1) is 24.3 Å². The van der Waals surface area contributed by atoms with Crippen LogP contribution in [0.15, 0.2) is 18.2 Å². The normalized spacial score (nSPS) is 25.9. The first-order valence-corrected chi connectivity index (χ1v) is 6.22. The maximum absolute atomic E-state index is 6.24. The van der Waals surface area contributed by atoms with E-state index in [2.05, 4.69) is 6.92 Å². The largest absolute Gasteiger partial charge is 0.495 e. The van der Waals surface area contributed by atoms with E-state index in [-0.39, 0.29) is 12.1 Å².